The van der Waals surface area contributed by atoms with Crippen molar-refractivity contribution in [2.45, 2.75) is 199 Å². The van der Waals surface area contributed by atoms with E-state index in [4.69, 9.17) is 13.8 Å². The van der Waals surface area contributed by atoms with Crippen molar-refractivity contribution < 1.29 is 47.8 Å². The third-order valence-corrected chi connectivity index (χ3v) is 10.5. The first-order chi connectivity index (χ1) is 28.6. The molecule has 0 aliphatic rings. The number of esters is 1. The molecule has 11 nitrogen and oxygen atoms in total. The molecule has 0 bridgehead atoms. The lowest BCUT2D eigenvalue weighted by Crippen LogP contribution is -2.43. The maximum atomic E-state index is 12.3. The predicted octanol–water partition coefficient (Wildman–Crippen LogP) is 11.9. The van der Waals surface area contributed by atoms with E-state index < -0.39 is 57.6 Å². The van der Waals surface area contributed by atoms with Crippen LogP contribution in [0.3, 0.4) is 0 Å². The average molecular weight is 852 g/mol. The lowest BCUT2D eigenvalue weighted by Gasteiger charge is -2.18. The van der Waals surface area contributed by atoms with Crippen LogP contribution in [0, 0.1) is 0 Å². The molecule has 0 fully saturated rings. The number of hydrogen-bond donors (Lipinski definition) is 4. The van der Waals surface area contributed by atoms with Gasteiger partial charge in [0.1, 0.15) is 12.7 Å². The molecule has 4 N–H and O–H groups in total. The second-order valence-corrected chi connectivity index (χ2v) is 16.7. The molecular weight excluding hydrogens is 769 g/mol. The first-order valence-electron chi connectivity index (χ1n) is 22.8. The fraction of sp³-hybridized carbons (Fsp3) is 0.723. The highest BCUT2D eigenvalue weighted by atomic mass is 31.2. The van der Waals surface area contributed by atoms with E-state index in [-0.39, 0.29) is 12.8 Å². The van der Waals surface area contributed by atoms with E-state index in [1.807, 2.05) is 0 Å². The Balaban J connectivity index is 3.94. The van der Waals surface area contributed by atoms with E-state index in [0.717, 1.165) is 96.3 Å². The molecule has 3 unspecified atom stereocenters. The van der Waals surface area contributed by atoms with Gasteiger partial charge in [-0.1, -0.05) is 152 Å². The number of ether oxygens (including phenoxy) is 1. The Morgan fingerprint density at radius 1 is 0.542 bits per heavy atom. The molecule has 0 aliphatic carbocycles. The minimum Gasteiger partial charge on any atom is -0.480 e. The number of aliphatic hydroxyl groups is 1. The van der Waals surface area contributed by atoms with Crippen molar-refractivity contribution in [1.29, 1.82) is 0 Å². The normalized spacial score (nSPS) is 14.2. The Morgan fingerprint density at radius 3 is 1.42 bits per heavy atom. The molecule has 12 heteroatoms. The smallest absolute Gasteiger partial charge is 0.472 e. The number of aliphatic hydroxyl groups excluding tert-OH is 1. The Morgan fingerprint density at radius 2 is 0.932 bits per heavy atom. The van der Waals surface area contributed by atoms with Gasteiger partial charge in [-0.3, -0.25) is 18.6 Å². The number of unbranched alkanes of at least 4 members (excludes halogenated alkanes) is 18. The van der Waals surface area contributed by atoms with Gasteiger partial charge in [0, 0.05) is 12.8 Å². The Hall–Kier alpha value is -2.82. The summed E-state index contributed by atoms with van der Waals surface area (Å²) in [6, 6.07) is -1.56. The molecule has 0 aliphatic heterocycles. The van der Waals surface area contributed by atoms with E-state index >= 15 is 0 Å². The van der Waals surface area contributed by atoms with Crippen molar-refractivity contribution in [2.75, 3.05) is 19.8 Å². The number of aliphatic carboxylic acids is 1. The van der Waals surface area contributed by atoms with Gasteiger partial charge in [0.15, 0.2) is 6.04 Å². The standard InChI is InChI=1S/C47H82NO10P/c1-3-5-7-9-11-13-15-17-19-21-22-23-24-26-28-30-32-34-36-38-45(50)48-44(47(52)53)42-58-59(54,55)57-41-43(49)40-56-46(51)39-37-35-33-31-29-27-25-20-18-16-14-12-10-8-6-4-2/h11,13-14,16-17,19-20,22-23,25,43-44,49H,3-10,12,15,18,21,24,26-42H2,1-2H3,(H,48,50)(H,52,53)(H,54,55)/b13-11-,16-14-,19-17-,23-22-,25-20-. The summed E-state index contributed by atoms with van der Waals surface area (Å²) < 4.78 is 26.8. The van der Waals surface area contributed by atoms with Crippen molar-refractivity contribution in [3.63, 3.8) is 0 Å². The van der Waals surface area contributed by atoms with Crippen LogP contribution in [0.5, 0.6) is 0 Å². The van der Waals surface area contributed by atoms with Crippen LogP contribution >= 0.6 is 7.82 Å². The zero-order valence-electron chi connectivity index (χ0n) is 36.8. The lowest BCUT2D eigenvalue weighted by molar-refractivity contribution is -0.147. The van der Waals surface area contributed by atoms with Gasteiger partial charge in [-0.05, 0) is 83.5 Å². The molecule has 1 amide bonds. The quantitative estimate of drug-likeness (QED) is 0.0201. The van der Waals surface area contributed by atoms with Crippen LogP contribution in [-0.2, 0) is 32.7 Å². The number of phosphoric acid groups is 1. The minimum absolute atomic E-state index is 0.127. The largest absolute Gasteiger partial charge is 0.480 e. The minimum atomic E-state index is -4.77. The summed E-state index contributed by atoms with van der Waals surface area (Å²) >= 11 is 0. The molecule has 0 rings (SSSR count). The van der Waals surface area contributed by atoms with Crippen LogP contribution < -0.4 is 5.32 Å². The number of hydrogen-bond acceptors (Lipinski definition) is 8. The van der Waals surface area contributed by atoms with Crippen molar-refractivity contribution in [3.05, 3.63) is 60.8 Å². The molecule has 0 saturated carbocycles. The summed E-state index contributed by atoms with van der Waals surface area (Å²) in [7, 11) is -4.77. The van der Waals surface area contributed by atoms with E-state index in [0.29, 0.717) is 12.8 Å². The number of nitrogens with one attached hydrogen (secondary N) is 1. The maximum absolute atomic E-state index is 12.3. The topological polar surface area (TPSA) is 169 Å². The molecule has 340 valence electrons. The zero-order chi connectivity index (χ0) is 43.5. The van der Waals surface area contributed by atoms with Gasteiger partial charge in [-0.25, -0.2) is 9.36 Å². The number of phosphoric ester groups is 1. The number of rotatable bonds is 42. The van der Waals surface area contributed by atoms with E-state index in [2.05, 4.69) is 79.9 Å². The van der Waals surface area contributed by atoms with Crippen LogP contribution in [0.2, 0.25) is 0 Å². The molecule has 0 spiro atoms. The highest BCUT2D eigenvalue weighted by molar-refractivity contribution is 7.47. The third-order valence-electron chi connectivity index (χ3n) is 9.53. The van der Waals surface area contributed by atoms with Crippen LogP contribution in [0.25, 0.3) is 0 Å². The highest BCUT2D eigenvalue weighted by Gasteiger charge is 2.28. The second kappa shape index (κ2) is 41.9. The number of carbonyl (C=O) groups excluding carboxylic acids is 2. The Kier molecular flexibility index (Phi) is 39.9. The summed E-state index contributed by atoms with van der Waals surface area (Å²) in [4.78, 5) is 46.0. The van der Waals surface area contributed by atoms with Crippen LogP contribution in [-0.4, -0.2) is 64.9 Å². The van der Waals surface area contributed by atoms with Crippen LogP contribution in [0.1, 0.15) is 187 Å². The molecule has 0 saturated heterocycles. The van der Waals surface area contributed by atoms with E-state index in [1.165, 1.54) is 51.4 Å². The number of carboxylic acid groups (broad SMARTS) is 1. The van der Waals surface area contributed by atoms with Crippen molar-refractivity contribution in [1.82, 2.24) is 5.32 Å². The predicted molar refractivity (Wildman–Crippen MR) is 240 cm³/mol. The fourth-order valence-electron chi connectivity index (χ4n) is 5.94. The molecule has 0 aromatic rings. The van der Waals surface area contributed by atoms with Crippen LogP contribution in [0.4, 0.5) is 0 Å². The zero-order valence-corrected chi connectivity index (χ0v) is 37.7. The van der Waals surface area contributed by atoms with E-state index in [1.54, 1.807) is 0 Å². The van der Waals surface area contributed by atoms with Gasteiger partial charge < -0.3 is 25.2 Å². The van der Waals surface area contributed by atoms with Gasteiger partial charge in [-0.2, -0.15) is 0 Å². The summed E-state index contributed by atoms with van der Waals surface area (Å²) in [6.45, 7) is 2.52. The van der Waals surface area contributed by atoms with Gasteiger partial charge in [0.25, 0.3) is 0 Å². The summed E-state index contributed by atoms with van der Waals surface area (Å²) in [5.74, 6) is -2.41. The molecular formula is C47H82NO10P. The van der Waals surface area contributed by atoms with E-state index in [9.17, 15) is 34.1 Å². The first-order valence-corrected chi connectivity index (χ1v) is 24.3. The summed E-state index contributed by atoms with van der Waals surface area (Å²) in [6.07, 6.45) is 48.0. The van der Waals surface area contributed by atoms with Gasteiger partial charge in [0.05, 0.1) is 13.2 Å². The molecule has 59 heavy (non-hydrogen) atoms. The molecule has 0 radical (unpaired) electrons. The number of amides is 1. The SMILES string of the molecule is CCCCC/C=C\C/C=C\C/C=C\CCCCCCCCC(=O)NC(COP(=O)(O)OCC(O)COC(=O)CCCCCCC/C=C\C/C=C\CCCCCC)C(=O)O. The number of allylic oxidation sites excluding steroid dienone is 10. The molecule has 0 aromatic carbocycles. The monoisotopic (exact) mass is 852 g/mol. The van der Waals surface area contributed by atoms with Crippen LogP contribution in [0.15, 0.2) is 60.8 Å². The number of carbonyl (C=O) groups is 3. The van der Waals surface area contributed by atoms with Crippen molar-refractivity contribution >= 4 is 25.7 Å². The average Bonchev–Trinajstić information content (AvgIpc) is 3.21. The molecule has 3 atom stereocenters. The van der Waals surface area contributed by atoms with Gasteiger partial charge in [-0.15, -0.1) is 0 Å². The van der Waals surface area contributed by atoms with Gasteiger partial charge >= 0.3 is 19.8 Å². The molecule has 0 heterocycles. The highest BCUT2D eigenvalue weighted by Crippen LogP contribution is 2.43. The second-order valence-electron chi connectivity index (χ2n) is 15.2. The summed E-state index contributed by atoms with van der Waals surface area (Å²) in [5.41, 5.74) is 0. The van der Waals surface area contributed by atoms with Crippen molar-refractivity contribution in [3.8, 4) is 0 Å². The maximum Gasteiger partial charge on any atom is 0.472 e. The lowest BCUT2D eigenvalue weighted by atomic mass is 10.1. The fourth-order valence-corrected chi connectivity index (χ4v) is 6.71. The van der Waals surface area contributed by atoms with Gasteiger partial charge in [0.2, 0.25) is 5.91 Å². The Labute approximate surface area is 357 Å². The summed E-state index contributed by atoms with van der Waals surface area (Å²) in [5, 5.41) is 21.8. The van der Waals surface area contributed by atoms with Crippen molar-refractivity contribution in [2.24, 2.45) is 0 Å². The third kappa shape index (κ3) is 41.7. The number of carboxylic acids is 1. The first kappa shape index (κ1) is 56.2. The molecule has 0 aromatic heterocycles. The Bertz CT molecular complexity index is 1230.